The molecule has 35 heavy (non-hydrogen) atoms. The number of amides is 1. The number of carbonyl (C=O) groups excluding carboxylic acids is 2. The van der Waals surface area contributed by atoms with E-state index in [1.165, 1.54) is 7.11 Å². The third kappa shape index (κ3) is 4.57. The first-order valence-electron chi connectivity index (χ1n) is 11.7. The zero-order valence-corrected chi connectivity index (χ0v) is 19.6. The van der Waals surface area contributed by atoms with Crippen LogP contribution in [0.4, 0.5) is 5.69 Å². The second-order valence-corrected chi connectivity index (χ2v) is 8.51. The first-order chi connectivity index (χ1) is 17.2. The van der Waals surface area contributed by atoms with E-state index in [-0.39, 0.29) is 24.7 Å². The fourth-order valence-electron chi connectivity index (χ4n) is 4.53. The average molecular weight is 467 g/mol. The van der Waals surface area contributed by atoms with Crippen LogP contribution in [0.3, 0.4) is 0 Å². The summed E-state index contributed by atoms with van der Waals surface area (Å²) >= 11 is 0. The summed E-state index contributed by atoms with van der Waals surface area (Å²) in [6.07, 6.45) is 0.899. The highest BCUT2D eigenvalue weighted by atomic mass is 16.5. The fourth-order valence-corrected chi connectivity index (χ4v) is 4.53. The largest absolute Gasteiger partial charge is 0.469 e. The molecule has 0 spiro atoms. The molecule has 5 rings (SSSR count). The predicted octanol–water partition coefficient (Wildman–Crippen LogP) is 4.85. The maximum absolute atomic E-state index is 13.4. The lowest BCUT2D eigenvalue weighted by molar-refractivity contribution is -0.140. The van der Waals surface area contributed by atoms with Gasteiger partial charge in [-0.2, -0.15) is 0 Å². The van der Waals surface area contributed by atoms with E-state index in [1.807, 2.05) is 65.3 Å². The molecular weight excluding hydrogens is 440 g/mol. The average Bonchev–Trinajstić information content (AvgIpc) is 3.29. The molecule has 176 valence electrons. The number of fused-ring (bicyclic) bond motifs is 5. The highest BCUT2D eigenvalue weighted by Gasteiger charge is 2.28. The van der Waals surface area contributed by atoms with Gasteiger partial charge in [-0.15, -0.1) is 5.10 Å². The Hall–Kier alpha value is -4.26. The lowest BCUT2D eigenvalue weighted by Gasteiger charge is -2.28. The van der Waals surface area contributed by atoms with Gasteiger partial charge < -0.3 is 9.64 Å². The Morgan fingerprint density at radius 3 is 2.40 bits per heavy atom. The van der Waals surface area contributed by atoms with Gasteiger partial charge in [0.2, 0.25) is 5.91 Å². The van der Waals surface area contributed by atoms with Crippen LogP contribution >= 0.6 is 0 Å². The van der Waals surface area contributed by atoms with Crippen molar-refractivity contribution in [2.24, 2.45) is 0 Å². The normalized spacial score (nSPS) is 12.1. The molecule has 0 fully saturated rings. The smallest absolute Gasteiger partial charge is 0.305 e. The van der Waals surface area contributed by atoms with Gasteiger partial charge in [-0.1, -0.05) is 78.0 Å². The molecule has 0 unspecified atom stereocenters. The van der Waals surface area contributed by atoms with Crippen LogP contribution in [0.5, 0.6) is 0 Å². The van der Waals surface area contributed by atoms with Crippen LogP contribution in [0, 0.1) is 0 Å². The molecule has 1 amide bonds. The van der Waals surface area contributed by atoms with Crippen LogP contribution in [0.15, 0.2) is 78.9 Å². The molecule has 1 aliphatic rings. The van der Waals surface area contributed by atoms with E-state index in [2.05, 4.69) is 28.5 Å². The summed E-state index contributed by atoms with van der Waals surface area (Å²) in [5, 5.41) is 9.13. The molecular formula is C28H26N4O3. The Bertz CT molecular complexity index is 1360. The lowest BCUT2D eigenvalue weighted by atomic mass is 9.95. The number of carbonyl (C=O) groups is 2. The maximum atomic E-state index is 13.4. The molecule has 0 saturated heterocycles. The Balaban J connectivity index is 1.59. The second-order valence-electron chi connectivity index (χ2n) is 8.51. The monoisotopic (exact) mass is 466 g/mol. The number of para-hydroxylation sites is 1. The van der Waals surface area contributed by atoms with Gasteiger partial charge in [0.05, 0.1) is 31.6 Å². The second kappa shape index (κ2) is 9.93. The number of hydrogen-bond acceptors (Lipinski definition) is 5. The van der Waals surface area contributed by atoms with E-state index >= 15 is 0 Å². The van der Waals surface area contributed by atoms with Gasteiger partial charge in [-0.05, 0) is 23.6 Å². The zero-order chi connectivity index (χ0) is 24.2. The molecule has 0 N–H and O–H groups in total. The maximum Gasteiger partial charge on any atom is 0.305 e. The standard InChI is InChI=1S/C28H26N4O3/c1-35-26(34)17-9-16-25(33)31-19-21-12-5-6-13-22(21)28-27(23-14-7-8-15-24(23)31)29-30-32(28)18-20-10-3-2-4-11-20/h2-8,10-15H,9,16-19H2,1H3. The Kier molecular flexibility index (Phi) is 6.39. The summed E-state index contributed by atoms with van der Waals surface area (Å²) in [4.78, 5) is 26.7. The van der Waals surface area contributed by atoms with Crippen LogP contribution in [0.1, 0.15) is 30.4 Å². The van der Waals surface area contributed by atoms with Crippen molar-refractivity contribution in [1.29, 1.82) is 0 Å². The van der Waals surface area contributed by atoms with Crippen molar-refractivity contribution in [3.63, 3.8) is 0 Å². The van der Waals surface area contributed by atoms with Gasteiger partial charge in [-0.3, -0.25) is 9.59 Å². The van der Waals surface area contributed by atoms with E-state index in [9.17, 15) is 9.59 Å². The first-order valence-corrected chi connectivity index (χ1v) is 11.7. The molecule has 0 radical (unpaired) electrons. The molecule has 7 heteroatoms. The molecule has 0 bridgehead atoms. The van der Waals surface area contributed by atoms with E-state index in [4.69, 9.17) is 4.74 Å². The predicted molar refractivity (Wildman–Crippen MR) is 133 cm³/mol. The minimum absolute atomic E-state index is 0.0451. The van der Waals surface area contributed by atoms with Crippen molar-refractivity contribution in [3.05, 3.63) is 90.0 Å². The van der Waals surface area contributed by atoms with E-state index in [1.54, 1.807) is 4.90 Å². The minimum Gasteiger partial charge on any atom is -0.469 e. The van der Waals surface area contributed by atoms with Gasteiger partial charge in [0.15, 0.2) is 0 Å². The van der Waals surface area contributed by atoms with Crippen LogP contribution in [-0.2, 0) is 27.4 Å². The molecule has 2 heterocycles. The number of esters is 1. The summed E-state index contributed by atoms with van der Waals surface area (Å²) < 4.78 is 6.66. The van der Waals surface area contributed by atoms with Crippen LogP contribution < -0.4 is 4.90 Å². The van der Waals surface area contributed by atoms with Crippen LogP contribution in [0.2, 0.25) is 0 Å². The molecule has 0 atom stereocenters. The van der Waals surface area contributed by atoms with Gasteiger partial charge in [0.1, 0.15) is 5.69 Å². The molecule has 0 aliphatic carbocycles. The van der Waals surface area contributed by atoms with Crippen molar-refractivity contribution >= 4 is 17.6 Å². The summed E-state index contributed by atoms with van der Waals surface area (Å²) in [5.74, 6) is -0.354. The van der Waals surface area contributed by atoms with Crippen molar-refractivity contribution in [1.82, 2.24) is 15.0 Å². The number of benzene rings is 3. The van der Waals surface area contributed by atoms with Crippen molar-refractivity contribution in [2.45, 2.75) is 32.4 Å². The summed E-state index contributed by atoms with van der Waals surface area (Å²) in [6, 6.07) is 26.1. The van der Waals surface area contributed by atoms with Crippen molar-refractivity contribution in [2.75, 3.05) is 12.0 Å². The van der Waals surface area contributed by atoms with Crippen LogP contribution in [0.25, 0.3) is 22.5 Å². The number of nitrogens with zero attached hydrogens (tertiary/aromatic N) is 4. The van der Waals surface area contributed by atoms with E-state index < -0.39 is 0 Å². The SMILES string of the molecule is COC(=O)CCCC(=O)N1Cc2ccccc2-c2c(nnn2Cc2ccccc2)-c2ccccc21. The fraction of sp³-hybridized carbons (Fsp3) is 0.214. The highest BCUT2D eigenvalue weighted by Crippen LogP contribution is 2.41. The van der Waals surface area contributed by atoms with Gasteiger partial charge in [0, 0.05) is 24.0 Å². The number of anilines is 1. The summed E-state index contributed by atoms with van der Waals surface area (Å²) in [5.41, 5.74) is 6.49. The number of methoxy groups -OCH3 is 1. The first kappa shape index (κ1) is 22.5. The summed E-state index contributed by atoms with van der Waals surface area (Å²) in [7, 11) is 1.36. The van der Waals surface area contributed by atoms with E-state index in [0.717, 1.165) is 39.3 Å². The molecule has 0 saturated carbocycles. The molecule has 1 aliphatic heterocycles. The van der Waals surface area contributed by atoms with Gasteiger partial charge >= 0.3 is 5.97 Å². The Labute approximate surface area is 204 Å². The quantitative estimate of drug-likeness (QED) is 0.380. The highest BCUT2D eigenvalue weighted by molar-refractivity contribution is 6.00. The Morgan fingerprint density at radius 1 is 0.886 bits per heavy atom. The topological polar surface area (TPSA) is 77.3 Å². The number of ether oxygens (including phenoxy) is 1. The number of rotatable bonds is 6. The van der Waals surface area contributed by atoms with Gasteiger partial charge in [-0.25, -0.2) is 4.68 Å². The van der Waals surface area contributed by atoms with Gasteiger partial charge in [0.25, 0.3) is 0 Å². The minimum atomic E-state index is -0.309. The zero-order valence-electron chi connectivity index (χ0n) is 19.6. The molecule has 4 aromatic rings. The third-order valence-electron chi connectivity index (χ3n) is 6.26. The third-order valence-corrected chi connectivity index (χ3v) is 6.26. The number of aromatic nitrogens is 3. The molecule has 1 aromatic heterocycles. The summed E-state index contributed by atoms with van der Waals surface area (Å²) in [6.45, 7) is 1.01. The number of hydrogen-bond donors (Lipinski definition) is 0. The van der Waals surface area contributed by atoms with Crippen LogP contribution in [-0.4, -0.2) is 34.0 Å². The lowest BCUT2D eigenvalue weighted by Crippen LogP contribution is -2.31. The van der Waals surface area contributed by atoms with Crippen molar-refractivity contribution < 1.29 is 14.3 Å². The Morgan fingerprint density at radius 2 is 1.60 bits per heavy atom. The molecule has 7 nitrogen and oxygen atoms in total. The molecule has 3 aromatic carbocycles. The van der Waals surface area contributed by atoms with Crippen molar-refractivity contribution in [3.8, 4) is 22.5 Å². The van der Waals surface area contributed by atoms with E-state index in [0.29, 0.717) is 19.5 Å².